The van der Waals surface area contributed by atoms with E-state index in [-0.39, 0.29) is 12.3 Å². The van der Waals surface area contributed by atoms with E-state index in [9.17, 15) is 9.59 Å². The molecule has 1 aromatic heterocycles. The molecule has 1 aliphatic rings. The van der Waals surface area contributed by atoms with Gasteiger partial charge in [0.2, 0.25) is 11.9 Å². The van der Waals surface area contributed by atoms with Gasteiger partial charge in [-0.3, -0.25) is 4.79 Å². The van der Waals surface area contributed by atoms with Gasteiger partial charge in [0.1, 0.15) is 12.1 Å². The van der Waals surface area contributed by atoms with E-state index in [0.29, 0.717) is 18.9 Å². The van der Waals surface area contributed by atoms with E-state index in [0.717, 1.165) is 6.42 Å². The third-order valence-electron chi connectivity index (χ3n) is 3.30. The Bertz CT molecular complexity index is 555. The minimum absolute atomic E-state index is 0.0460. The van der Waals surface area contributed by atoms with E-state index < -0.39 is 18.1 Å². The number of terminal acetylenes is 1. The number of anilines is 1. The molecule has 1 aromatic rings. The second-order valence-corrected chi connectivity index (χ2v) is 4.71. The van der Waals surface area contributed by atoms with Crippen LogP contribution in [0.3, 0.4) is 0 Å². The molecule has 1 fully saturated rings. The van der Waals surface area contributed by atoms with Gasteiger partial charge >= 0.3 is 5.97 Å². The van der Waals surface area contributed by atoms with E-state index in [1.807, 2.05) is 0 Å². The fourth-order valence-electron chi connectivity index (χ4n) is 2.30. The molecule has 2 heterocycles. The Morgan fingerprint density at radius 1 is 1.52 bits per heavy atom. The van der Waals surface area contributed by atoms with E-state index >= 15 is 0 Å². The Morgan fingerprint density at radius 3 is 2.86 bits per heavy atom. The van der Waals surface area contributed by atoms with Gasteiger partial charge in [-0.2, -0.15) is 0 Å². The van der Waals surface area contributed by atoms with Gasteiger partial charge in [-0.1, -0.05) is 0 Å². The molecule has 110 valence electrons. The molecule has 21 heavy (non-hydrogen) atoms. The largest absolute Gasteiger partial charge is 0.480 e. The molecule has 0 spiro atoms. The summed E-state index contributed by atoms with van der Waals surface area (Å²) in [5, 5.41) is 11.5. The first-order valence-corrected chi connectivity index (χ1v) is 6.63. The molecule has 0 saturated carbocycles. The Kier molecular flexibility index (Phi) is 4.72. The first kappa shape index (κ1) is 14.8. The molecular weight excluding hydrogens is 272 g/mol. The predicted molar refractivity (Wildman–Crippen MR) is 75.4 cm³/mol. The number of hydrogen-bond donors (Lipinski definition) is 2. The smallest absolute Gasteiger partial charge is 0.327 e. The fourth-order valence-corrected chi connectivity index (χ4v) is 2.30. The molecule has 7 nitrogen and oxygen atoms in total. The number of aliphatic carboxylic acids is 1. The van der Waals surface area contributed by atoms with Crippen molar-refractivity contribution in [2.45, 2.75) is 31.3 Å². The molecule has 1 aliphatic heterocycles. The number of rotatable bonds is 5. The van der Waals surface area contributed by atoms with Crippen molar-refractivity contribution >= 4 is 17.8 Å². The maximum Gasteiger partial charge on any atom is 0.327 e. The summed E-state index contributed by atoms with van der Waals surface area (Å²) in [5.74, 6) is 1.23. The molecule has 0 aliphatic carbocycles. The van der Waals surface area contributed by atoms with Crippen LogP contribution in [0.5, 0.6) is 0 Å². The average Bonchev–Trinajstić information content (AvgIpc) is 2.97. The second-order valence-electron chi connectivity index (χ2n) is 4.71. The lowest BCUT2D eigenvalue weighted by Gasteiger charge is -2.24. The normalized spacial score (nSPS) is 18.8. The number of aromatic nitrogens is 2. The predicted octanol–water partition coefficient (Wildman–Crippen LogP) is 0.0381. The van der Waals surface area contributed by atoms with Crippen molar-refractivity contribution in [3.8, 4) is 12.3 Å². The number of carbonyl (C=O) groups excluding carboxylic acids is 1. The van der Waals surface area contributed by atoms with Crippen molar-refractivity contribution in [1.82, 2.24) is 15.3 Å². The second kappa shape index (κ2) is 6.70. The summed E-state index contributed by atoms with van der Waals surface area (Å²) in [4.78, 5) is 33.4. The maximum absolute atomic E-state index is 12.3. The summed E-state index contributed by atoms with van der Waals surface area (Å²) in [7, 11) is 0. The Labute approximate surface area is 122 Å². The van der Waals surface area contributed by atoms with Crippen LogP contribution in [-0.4, -0.2) is 45.6 Å². The van der Waals surface area contributed by atoms with Gasteiger partial charge in [0.05, 0.1) is 0 Å². The number of carbonyl (C=O) groups is 2. The molecule has 0 bridgehead atoms. The zero-order chi connectivity index (χ0) is 15.2. The summed E-state index contributed by atoms with van der Waals surface area (Å²) in [5.41, 5.74) is 0. The lowest BCUT2D eigenvalue weighted by Crippen LogP contribution is -2.49. The van der Waals surface area contributed by atoms with Crippen molar-refractivity contribution in [3.05, 3.63) is 18.5 Å². The number of nitrogens with zero attached hydrogens (tertiary/aromatic N) is 3. The van der Waals surface area contributed by atoms with Gasteiger partial charge in [-0.25, -0.2) is 14.8 Å². The summed E-state index contributed by atoms with van der Waals surface area (Å²) >= 11 is 0. The van der Waals surface area contributed by atoms with E-state index in [4.69, 9.17) is 11.5 Å². The first-order valence-electron chi connectivity index (χ1n) is 6.63. The van der Waals surface area contributed by atoms with Crippen LogP contribution in [0.15, 0.2) is 18.5 Å². The average molecular weight is 288 g/mol. The van der Waals surface area contributed by atoms with Crippen LogP contribution in [0.2, 0.25) is 0 Å². The summed E-state index contributed by atoms with van der Waals surface area (Å²) in [6.45, 7) is 0.662. The van der Waals surface area contributed by atoms with Crippen LogP contribution in [0, 0.1) is 12.3 Å². The highest BCUT2D eigenvalue weighted by Crippen LogP contribution is 2.22. The maximum atomic E-state index is 12.3. The van der Waals surface area contributed by atoms with E-state index in [1.165, 1.54) is 0 Å². The van der Waals surface area contributed by atoms with Crippen LogP contribution < -0.4 is 10.2 Å². The zero-order valence-corrected chi connectivity index (χ0v) is 11.4. The van der Waals surface area contributed by atoms with Gasteiger partial charge in [0.15, 0.2) is 0 Å². The lowest BCUT2D eigenvalue weighted by atomic mass is 10.1. The topological polar surface area (TPSA) is 95.4 Å². The number of carboxylic acid groups (broad SMARTS) is 1. The van der Waals surface area contributed by atoms with Crippen molar-refractivity contribution in [2.24, 2.45) is 0 Å². The highest BCUT2D eigenvalue weighted by atomic mass is 16.4. The van der Waals surface area contributed by atoms with Gasteiger partial charge < -0.3 is 15.3 Å². The van der Waals surface area contributed by atoms with Crippen LogP contribution >= 0.6 is 0 Å². The minimum atomic E-state index is -1.14. The minimum Gasteiger partial charge on any atom is -0.480 e. The molecule has 1 saturated heterocycles. The molecule has 2 N–H and O–H groups in total. The van der Waals surface area contributed by atoms with Gasteiger partial charge in [0, 0.05) is 25.4 Å². The molecule has 0 aromatic carbocycles. The standard InChI is InChI=1S/C14H16N4O3/c1-2-5-10(13(20)21)17-12(19)11-6-3-9-18(11)14-15-7-4-8-16-14/h1,4,7-8,10-11H,3,5-6,9H2,(H,17,19)(H,20,21). The number of hydrogen-bond acceptors (Lipinski definition) is 5. The molecule has 2 rings (SSSR count). The van der Waals surface area contributed by atoms with Crippen LogP contribution in [0.1, 0.15) is 19.3 Å². The lowest BCUT2D eigenvalue weighted by molar-refractivity contribution is -0.141. The quantitative estimate of drug-likeness (QED) is 0.743. The first-order chi connectivity index (χ1) is 10.1. The van der Waals surface area contributed by atoms with Crippen LogP contribution in [0.4, 0.5) is 5.95 Å². The molecule has 2 unspecified atom stereocenters. The number of carboxylic acids is 1. The third kappa shape index (κ3) is 3.48. The van der Waals surface area contributed by atoms with Crippen molar-refractivity contribution in [3.63, 3.8) is 0 Å². The molecule has 1 amide bonds. The summed E-state index contributed by atoms with van der Waals surface area (Å²) in [6.07, 6.45) is 9.74. The van der Waals surface area contributed by atoms with Gasteiger partial charge in [0.25, 0.3) is 0 Å². The molecular formula is C14H16N4O3. The third-order valence-corrected chi connectivity index (χ3v) is 3.30. The SMILES string of the molecule is C#CCC(NC(=O)C1CCCN1c1ncccn1)C(=O)O. The molecule has 2 atom stereocenters. The summed E-state index contributed by atoms with van der Waals surface area (Å²) in [6, 6.07) is 0.163. The highest BCUT2D eigenvalue weighted by Gasteiger charge is 2.34. The summed E-state index contributed by atoms with van der Waals surface area (Å²) < 4.78 is 0. The van der Waals surface area contributed by atoms with Crippen LogP contribution in [0.25, 0.3) is 0 Å². The molecule has 0 radical (unpaired) electrons. The Balaban J connectivity index is 2.08. The molecule has 7 heteroatoms. The van der Waals surface area contributed by atoms with Crippen molar-refractivity contribution in [2.75, 3.05) is 11.4 Å². The Hall–Kier alpha value is -2.62. The van der Waals surface area contributed by atoms with Gasteiger partial charge in [-0.05, 0) is 18.9 Å². The monoisotopic (exact) mass is 288 g/mol. The van der Waals surface area contributed by atoms with Crippen molar-refractivity contribution in [1.29, 1.82) is 0 Å². The fraction of sp³-hybridized carbons (Fsp3) is 0.429. The van der Waals surface area contributed by atoms with Crippen LogP contribution in [-0.2, 0) is 9.59 Å². The van der Waals surface area contributed by atoms with Gasteiger partial charge in [-0.15, -0.1) is 12.3 Å². The highest BCUT2D eigenvalue weighted by molar-refractivity contribution is 5.89. The number of nitrogens with one attached hydrogen (secondary N) is 1. The Morgan fingerprint density at radius 2 is 2.24 bits per heavy atom. The zero-order valence-electron chi connectivity index (χ0n) is 11.4. The van der Waals surface area contributed by atoms with E-state index in [2.05, 4.69) is 21.2 Å². The van der Waals surface area contributed by atoms with Crippen molar-refractivity contribution < 1.29 is 14.7 Å². The van der Waals surface area contributed by atoms with E-state index in [1.54, 1.807) is 23.4 Å². The number of amides is 1.